The van der Waals surface area contributed by atoms with Gasteiger partial charge in [-0.15, -0.1) is 0 Å². The average molecular weight is 319 g/mol. The molecule has 1 rings (SSSR count). The van der Waals surface area contributed by atoms with E-state index in [0.29, 0.717) is 10.6 Å². The van der Waals surface area contributed by atoms with Crippen LogP contribution in [0.25, 0.3) is 0 Å². The standard InChI is InChI=1S/C12H15ClN2O4S/c1-19-8-6-14-20(17,18)15-12-9-11(13)5-4-10(12)3-2-7-16/h4-5,9,14-16H,6-8H2,1H3. The topological polar surface area (TPSA) is 87.7 Å². The fourth-order valence-corrected chi connectivity index (χ4v) is 2.36. The van der Waals surface area contributed by atoms with Crippen molar-refractivity contribution in [2.24, 2.45) is 0 Å². The molecule has 0 aliphatic carbocycles. The lowest BCUT2D eigenvalue weighted by Crippen LogP contribution is -2.32. The molecule has 8 heteroatoms. The maximum absolute atomic E-state index is 11.8. The van der Waals surface area contributed by atoms with E-state index in [0.717, 1.165) is 0 Å². The maximum atomic E-state index is 11.8. The first-order valence-electron chi connectivity index (χ1n) is 5.64. The summed E-state index contributed by atoms with van der Waals surface area (Å²) < 4.78 is 33.0. The molecule has 0 amide bonds. The molecule has 20 heavy (non-hydrogen) atoms. The SMILES string of the molecule is COCCNS(=O)(=O)Nc1cc(Cl)ccc1C#CCO. The van der Waals surface area contributed by atoms with Gasteiger partial charge in [0.05, 0.1) is 12.3 Å². The third kappa shape index (κ3) is 5.77. The zero-order valence-electron chi connectivity index (χ0n) is 10.8. The van der Waals surface area contributed by atoms with Crippen molar-refractivity contribution in [2.75, 3.05) is 31.6 Å². The van der Waals surface area contributed by atoms with E-state index in [1.807, 2.05) is 0 Å². The lowest BCUT2D eigenvalue weighted by Gasteiger charge is -2.11. The number of methoxy groups -OCH3 is 1. The van der Waals surface area contributed by atoms with Gasteiger partial charge < -0.3 is 9.84 Å². The molecule has 3 N–H and O–H groups in total. The molecule has 1 aromatic rings. The van der Waals surface area contributed by atoms with Gasteiger partial charge in [-0.05, 0) is 18.2 Å². The summed E-state index contributed by atoms with van der Waals surface area (Å²) in [4.78, 5) is 0. The van der Waals surface area contributed by atoms with E-state index in [9.17, 15) is 8.42 Å². The Morgan fingerprint density at radius 3 is 2.85 bits per heavy atom. The van der Waals surface area contributed by atoms with Crippen LogP contribution in [0.15, 0.2) is 18.2 Å². The molecule has 0 aromatic heterocycles. The number of halogens is 1. The summed E-state index contributed by atoms with van der Waals surface area (Å²) in [5.74, 6) is 5.09. The zero-order chi connectivity index (χ0) is 15.0. The Hall–Kier alpha value is -1.30. The minimum absolute atomic E-state index is 0.143. The zero-order valence-corrected chi connectivity index (χ0v) is 12.4. The van der Waals surface area contributed by atoms with E-state index < -0.39 is 10.2 Å². The van der Waals surface area contributed by atoms with Gasteiger partial charge in [0.25, 0.3) is 10.2 Å². The molecule has 0 spiro atoms. The Bertz CT molecular complexity index is 608. The van der Waals surface area contributed by atoms with Crippen molar-refractivity contribution in [3.8, 4) is 11.8 Å². The van der Waals surface area contributed by atoms with Crippen LogP contribution in [0.1, 0.15) is 5.56 Å². The molecule has 0 heterocycles. The monoisotopic (exact) mass is 318 g/mol. The number of anilines is 1. The first kappa shape index (κ1) is 16.8. The van der Waals surface area contributed by atoms with Gasteiger partial charge in [0.2, 0.25) is 0 Å². The van der Waals surface area contributed by atoms with Crippen molar-refractivity contribution < 1.29 is 18.3 Å². The van der Waals surface area contributed by atoms with Crippen LogP contribution in [0, 0.1) is 11.8 Å². The van der Waals surface area contributed by atoms with Gasteiger partial charge in [-0.2, -0.15) is 13.1 Å². The molecule has 6 nitrogen and oxygen atoms in total. The van der Waals surface area contributed by atoms with Gasteiger partial charge in [-0.3, -0.25) is 4.72 Å². The fourth-order valence-electron chi connectivity index (χ4n) is 1.30. The lowest BCUT2D eigenvalue weighted by molar-refractivity contribution is 0.204. The highest BCUT2D eigenvalue weighted by atomic mass is 35.5. The molecule has 0 fully saturated rings. The van der Waals surface area contributed by atoms with Crippen LogP contribution in [0.2, 0.25) is 5.02 Å². The fraction of sp³-hybridized carbons (Fsp3) is 0.333. The summed E-state index contributed by atoms with van der Waals surface area (Å²) in [7, 11) is -2.27. The van der Waals surface area contributed by atoms with Crippen molar-refractivity contribution in [2.45, 2.75) is 0 Å². The second kappa shape index (κ2) is 8.09. The third-order valence-electron chi connectivity index (χ3n) is 2.13. The van der Waals surface area contributed by atoms with Gasteiger partial charge in [0.1, 0.15) is 6.61 Å². The predicted octanol–water partition coefficient (Wildman–Crippen LogP) is 0.576. The molecular formula is C12H15ClN2O4S. The smallest absolute Gasteiger partial charge is 0.299 e. The molecule has 0 saturated heterocycles. The molecule has 0 saturated carbocycles. The minimum Gasteiger partial charge on any atom is -0.384 e. The quantitative estimate of drug-likeness (QED) is 0.529. The third-order valence-corrected chi connectivity index (χ3v) is 3.43. The van der Waals surface area contributed by atoms with Crippen molar-refractivity contribution in [3.63, 3.8) is 0 Å². The number of benzene rings is 1. The van der Waals surface area contributed by atoms with Crippen molar-refractivity contribution >= 4 is 27.5 Å². The maximum Gasteiger partial charge on any atom is 0.299 e. The highest BCUT2D eigenvalue weighted by Crippen LogP contribution is 2.21. The minimum atomic E-state index is -3.74. The van der Waals surface area contributed by atoms with Crippen LogP contribution in [-0.4, -0.2) is 40.4 Å². The van der Waals surface area contributed by atoms with Crippen LogP contribution in [0.5, 0.6) is 0 Å². The molecule has 0 aliphatic heterocycles. The highest BCUT2D eigenvalue weighted by molar-refractivity contribution is 7.90. The Kier molecular flexibility index (Phi) is 6.78. The number of hydrogen-bond donors (Lipinski definition) is 3. The van der Waals surface area contributed by atoms with Crippen molar-refractivity contribution in [3.05, 3.63) is 28.8 Å². The second-order valence-electron chi connectivity index (χ2n) is 3.64. The van der Waals surface area contributed by atoms with Gasteiger partial charge in [0, 0.05) is 24.2 Å². The largest absolute Gasteiger partial charge is 0.384 e. The first-order chi connectivity index (χ1) is 9.48. The van der Waals surface area contributed by atoms with Crippen LogP contribution in [0.3, 0.4) is 0 Å². The van der Waals surface area contributed by atoms with E-state index in [1.54, 1.807) is 12.1 Å². The Balaban J connectivity index is 2.92. The predicted molar refractivity (Wildman–Crippen MR) is 77.8 cm³/mol. The number of rotatable bonds is 6. The number of aliphatic hydroxyl groups is 1. The summed E-state index contributed by atoms with van der Waals surface area (Å²) in [6.07, 6.45) is 0. The van der Waals surface area contributed by atoms with Gasteiger partial charge in [-0.1, -0.05) is 23.4 Å². The molecule has 0 atom stereocenters. The summed E-state index contributed by atoms with van der Waals surface area (Å²) in [5.41, 5.74) is 0.656. The number of hydrogen-bond acceptors (Lipinski definition) is 4. The molecule has 1 aromatic carbocycles. The second-order valence-corrected chi connectivity index (χ2v) is 5.58. The van der Waals surface area contributed by atoms with E-state index in [-0.39, 0.29) is 25.4 Å². The average Bonchev–Trinajstić information content (AvgIpc) is 2.37. The van der Waals surface area contributed by atoms with Crippen LogP contribution < -0.4 is 9.44 Å². The van der Waals surface area contributed by atoms with Crippen LogP contribution in [0.4, 0.5) is 5.69 Å². The molecular weight excluding hydrogens is 304 g/mol. The van der Waals surface area contributed by atoms with Gasteiger partial charge in [0.15, 0.2) is 0 Å². The Labute approximate surface area is 123 Å². The summed E-state index contributed by atoms with van der Waals surface area (Å²) >= 11 is 5.83. The first-order valence-corrected chi connectivity index (χ1v) is 7.50. The van der Waals surface area contributed by atoms with Crippen molar-refractivity contribution in [1.82, 2.24) is 4.72 Å². The molecule has 0 bridgehead atoms. The van der Waals surface area contributed by atoms with E-state index in [1.165, 1.54) is 13.2 Å². The lowest BCUT2D eigenvalue weighted by atomic mass is 10.2. The highest BCUT2D eigenvalue weighted by Gasteiger charge is 2.11. The molecule has 0 radical (unpaired) electrons. The summed E-state index contributed by atoms with van der Waals surface area (Å²) in [6, 6.07) is 4.59. The number of ether oxygens (including phenoxy) is 1. The van der Waals surface area contributed by atoms with Crippen molar-refractivity contribution in [1.29, 1.82) is 0 Å². The summed E-state index contributed by atoms with van der Waals surface area (Å²) in [5, 5.41) is 9.05. The van der Waals surface area contributed by atoms with Crippen LogP contribution >= 0.6 is 11.6 Å². The Morgan fingerprint density at radius 1 is 1.45 bits per heavy atom. The van der Waals surface area contributed by atoms with Gasteiger partial charge >= 0.3 is 0 Å². The molecule has 0 unspecified atom stereocenters. The summed E-state index contributed by atoms with van der Waals surface area (Å²) in [6.45, 7) is 0.0819. The molecule has 0 aliphatic rings. The van der Waals surface area contributed by atoms with E-state index in [4.69, 9.17) is 21.4 Å². The van der Waals surface area contributed by atoms with Crippen LogP contribution in [-0.2, 0) is 14.9 Å². The Morgan fingerprint density at radius 2 is 2.20 bits per heavy atom. The normalized spacial score (nSPS) is 10.8. The number of aliphatic hydroxyl groups excluding tert-OH is 1. The number of nitrogens with one attached hydrogen (secondary N) is 2. The molecule has 110 valence electrons. The van der Waals surface area contributed by atoms with E-state index >= 15 is 0 Å². The van der Waals surface area contributed by atoms with E-state index in [2.05, 4.69) is 21.3 Å². The van der Waals surface area contributed by atoms with Gasteiger partial charge in [-0.25, -0.2) is 0 Å².